The summed E-state index contributed by atoms with van der Waals surface area (Å²) in [6.07, 6.45) is 0. The van der Waals surface area contributed by atoms with E-state index in [1.807, 2.05) is 54.6 Å². The quantitative estimate of drug-likeness (QED) is 0.359. The molecule has 1 heterocycles. The number of halogens is 2. The third-order valence-electron chi connectivity index (χ3n) is 4.41. The Labute approximate surface area is 172 Å². The lowest BCUT2D eigenvalue weighted by molar-refractivity contribution is 0.0475. The first-order valence-electron chi connectivity index (χ1n) is 8.69. The summed E-state index contributed by atoms with van der Waals surface area (Å²) in [5, 5.41) is 1.66. The number of hydrogen-bond acceptors (Lipinski definition) is 3. The second kappa shape index (κ2) is 8.01. The monoisotopic (exact) mass is 407 g/mol. The summed E-state index contributed by atoms with van der Waals surface area (Å²) in [7, 11) is 0. The van der Waals surface area contributed by atoms with E-state index in [0.29, 0.717) is 26.9 Å². The molecule has 0 saturated carbocycles. The van der Waals surface area contributed by atoms with Crippen molar-refractivity contribution >= 4 is 40.1 Å². The number of carbonyl (C=O) groups excluding carboxylic acids is 1. The van der Waals surface area contributed by atoms with Gasteiger partial charge in [-0.25, -0.2) is 9.78 Å². The van der Waals surface area contributed by atoms with Crippen LogP contribution >= 0.6 is 23.2 Å². The molecule has 1 aromatic heterocycles. The fourth-order valence-corrected chi connectivity index (χ4v) is 3.49. The van der Waals surface area contributed by atoms with Crippen LogP contribution < -0.4 is 0 Å². The second-order valence-electron chi connectivity index (χ2n) is 6.21. The minimum absolute atomic E-state index is 0.00530. The molecule has 0 N–H and O–H groups in total. The number of carbonyl (C=O) groups is 1. The number of para-hydroxylation sites is 1. The van der Waals surface area contributed by atoms with Gasteiger partial charge in [0.15, 0.2) is 0 Å². The van der Waals surface area contributed by atoms with Crippen LogP contribution in [0.4, 0.5) is 0 Å². The molecule has 0 aliphatic carbocycles. The van der Waals surface area contributed by atoms with E-state index in [-0.39, 0.29) is 6.61 Å². The van der Waals surface area contributed by atoms with Gasteiger partial charge in [0.2, 0.25) is 0 Å². The average molecular weight is 408 g/mol. The van der Waals surface area contributed by atoms with Gasteiger partial charge in [-0.2, -0.15) is 0 Å². The second-order valence-corrected chi connectivity index (χ2v) is 7.03. The number of hydrogen-bond donors (Lipinski definition) is 0. The summed E-state index contributed by atoms with van der Waals surface area (Å²) in [6, 6.07) is 24.1. The van der Waals surface area contributed by atoms with E-state index in [4.69, 9.17) is 27.9 Å². The van der Waals surface area contributed by atoms with Crippen molar-refractivity contribution in [3.63, 3.8) is 0 Å². The molecule has 138 valence electrons. The SMILES string of the molecule is O=C(OCc1c(Cl)cccc1Cl)c1cc(-c2ccccc2)nc2ccccc12. The topological polar surface area (TPSA) is 39.2 Å². The Morgan fingerprint density at radius 1 is 0.857 bits per heavy atom. The van der Waals surface area contributed by atoms with Gasteiger partial charge in [0.1, 0.15) is 6.61 Å². The van der Waals surface area contributed by atoms with Crippen molar-refractivity contribution in [3.05, 3.63) is 100 Å². The van der Waals surface area contributed by atoms with Gasteiger partial charge in [0.05, 0.1) is 16.8 Å². The summed E-state index contributed by atoms with van der Waals surface area (Å²) >= 11 is 12.3. The zero-order valence-corrected chi connectivity index (χ0v) is 16.2. The number of esters is 1. The Balaban J connectivity index is 1.71. The van der Waals surface area contributed by atoms with E-state index in [2.05, 4.69) is 4.98 Å². The third kappa shape index (κ3) is 3.72. The molecule has 5 heteroatoms. The number of rotatable bonds is 4. The molecular formula is C23H15Cl2NO2. The van der Waals surface area contributed by atoms with Gasteiger partial charge in [-0.3, -0.25) is 0 Å². The zero-order valence-electron chi connectivity index (χ0n) is 14.7. The molecule has 3 nitrogen and oxygen atoms in total. The number of nitrogens with zero attached hydrogens (tertiary/aromatic N) is 1. The molecule has 0 aliphatic heterocycles. The summed E-state index contributed by atoms with van der Waals surface area (Å²) in [5.41, 5.74) is 3.40. The molecule has 0 bridgehead atoms. The van der Waals surface area contributed by atoms with Crippen LogP contribution in [0.1, 0.15) is 15.9 Å². The van der Waals surface area contributed by atoms with Gasteiger partial charge in [-0.05, 0) is 24.3 Å². The molecule has 0 saturated heterocycles. The number of fused-ring (bicyclic) bond motifs is 1. The van der Waals surface area contributed by atoms with Crippen molar-refractivity contribution in [2.24, 2.45) is 0 Å². The van der Waals surface area contributed by atoms with Crippen molar-refractivity contribution in [1.29, 1.82) is 0 Å². The maximum atomic E-state index is 12.9. The van der Waals surface area contributed by atoms with Crippen molar-refractivity contribution in [3.8, 4) is 11.3 Å². The Morgan fingerprint density at radius 2 is 1.54 bits per heavy atom. The van der Waals surface area contributed by atoms with Crippen LogP contribution in [0.2, 0.25) is 10.0 Å². The normalized spacial score (nSPS) is 10.8. The highest BCUT2D eigenvalue weighted by Gasteiger charge is 2.16. The Hall–Kier alpha value is -2.88. The molecule has 28 heavy (non-hydrogen) atoms. The van der Waals surface area contributed by atoms with Crippen LogP contribution in [-0.4, -0.2) is 11.0 Å². The van der Waals surface area contributed by atoms with E-state index in [1.54, 1.807) is 24.3 Å². The predicted octanol–water partition coefficient (Wildman–Crippen LogP) is 6.57. The standard InChI is InChI=1S/C23H15Cl2NO2/c24-19-10-6-11-20(25)18(19)14-28-23(27)17-13-22(15-7-2-1-3-8-15)26-21-12-5-4-9-16(17)21/h1-13H,14H2. The number of ether oxygens (including phenoxy) is 1. The molecule has 3 aromatic carbocycles. The van der Waals surface area contributed by atoms with E-state index >= 15 is 0 Å². The van der Waals surface area contributed by atoms with Gasteiger partial charge in [-0.15, -0.1) is 0 Å². The number of pyridine rings is 1. The molecular weight excluding hydrogens is 393 g/mol. The highest BCUT2D eigenvalue weighted by molar-refractivity contribution is 6.36. The van der Waals surface area contributed by atoms with Crippen LogP contribution in [0.3, 0.4) is 0 Å². The molecule has 0 amide bonds. The fourth-order valence-electron chi connectivity index (χ4n) is 2.99. The van der Waals surface area contributed by atoms with Crippen LogP contribution in [0.25, 0.3) is 22.2 Å². The summed E-state index contributed by atoms with van der Waals surface area (Å²) in [4.78, 5) is 17.6. The van der Waals surface area contributed by atoms with Crippen molar-refractivity contribution in [1.82, 2.24) is 4.98 Å². The minimum Gasteiger partial charge on any atom is -0.457 e. The Kier molecular flexibility index (Phi) is 5.29. The van der Waals surface area contributed by atoms with Crippen molar-refractivity contribution < 1.29 is 9.53 Å². The van der Waals surface area contributed by atoms with Crippen LogP contribution in [0.15, 0.2) is 78.9 Å². The van der Waals surface area contributed by atoms with Gasteiger partial charge in [-0.1, -0.05) is 77.8 Å². The lowest BCUT2D eigenvalue weighted by Crippen LogP contribution is -2.07. The van der Waals surface area contributed by atoms with Crippen LogP contribution in [0, 0.1) is 0 Å². The van der Waals surface area contributed by atoms with Crippen LogP contribution in [0.5, 0.6) is 0 Å². The van der Waals surface area contributed by atoms with Crippen molar-refractivity contribution in [2.45, 2.75) is 6.61 Å². The number of benzene rings is 3. The average Bonchev–Trinajstić information content (AvgIpc) is 2.73. The van der Waals surface area contributed by atoms with Gasteiger partial charge >= 0.3 is 5.97 Å². The van der Waals surface area contributed by atoms with E-state index < -0.39 is 5.97 Å². The maximum Gasteiger partial charge on any atom is 0.339 e. The first-order chi connectivity index (χ1) is 13.6. The lowest BCUT2D eigenvalue weighted by atomic mass is 10.0. The predicted molar refractivity (Wildman–Crippen MR) is 113 cm³/mol. The van der Waals surface area contributed by atoms with Gasteiger partial charge in [0, 0.05) is 26.6 Å². The Morgan fingerprint density at radius 3 is 2.29 bits per heavy atom. The minimum atomic E-state index is -0.452. The van der Waals surface area contributed by atoms with E-state index in [0.717, 1.165) is 16.5 Å². The van der Waals surface area contributed by atoms with E-state index in [1.165, 1.54) is 0 Å². The van der Waals surface area contributed by atoms with Crippen molar-refractivity contribution in [2.75, 3.05) is 0 Å². The van der Waals surface area contributed by atoms with Gasteiger partial charge in [0.25, 0.3) is 0 Å². The molecule has 0 radical (unpaired) electrons. The molecule has 0 fully saturated rings. The first kappa shape index (κ1) is 18.5. The highest BCUT2D eigenvalue weighted by Crippen LogP contribution is 2.28. The highest BCUT2D eigenvalue weighted by atomic mass is 35.5. The summed E-state index contributed by atoms with van der Waals surface area (Å²) < 4.78 is 5.54. The van der Waals surface area contributed by atoms with Gasteiger partial charge < -0.3 is 4.74 Å². The fraction of sp³-hybridized carbons (Fsp3) is 0.0435. The molecule has 0 aliphatic rings. The molecule has 4 rings (SSSR count). The zero-order chi connectivity index (χ0) is 19.5. The third-order valence-corrected chi connectivity index (χ3v) is 5.12. The largest absolute Gasteiger partial charge is 0.457 e. The summed E-state index contributed by atoms with van der Waals surface area (Å²) in [5.74, 6) is -0.452. The smallest absolute Gasteiger partial charge is 0.339 e. The van der Waals surface area contributed by atoms with E-state index in [9.17, 15) is 4.79 Å². The molecule has 0 spiro atoms. The Bertz CT molecular complexity index is 1140. The first-order valence-corrected chi connectivity index (χ1v) is 9.44. The number of aromatic nitrogens is 1. The van der Waals surface area contributed by atoms with Crippen LogP contribution in [-0.2, 0) is 11.3 Å². The molecule has 0 atom stereocenters. The maximum absolute atomic E-state index is 12.9. The lowest BCUT2D eigenvalue weighted by Gasteiger charge is -2.11. The molecule has 0 unspecified atom stereocenters. The summed E-state index contributed by atoms with van der Waals surface area (Å²) in [6.45, 7) is -0.00530. The molecule has 4 aromatic rings.